The van der Waals surface area contributed by atoms with Gasteiger partial charge in [-0.25, -0.2) is 0 Å². The van der Waals surface area contributed by atoms with Gasteiger partial charge >= 0.3 is 0 Å². The van der Waals surface area contributed by atoms with Crippen LogP contribution in [0, 0.1) is 5.92 Å². The summed E-state index contributed by atoms with van der Waals surface area (Å²) in [5, 5.41) is 3.08. The van der Waals surface area contributed by atoms with Gasteiger partial charge in [-0.2, -0.15) is 0 Å². The van der Waals surface area contributed by atoms with Gasteiger partial charge in [0.1, 0.15) is 5.75 Å². The van der Waals surface area contributed by atoms with Gasteiger partial charge in [-0.3, -0.25) is 4.79 Å². The second-order valence-corrected chi connectivity index (χ2v) is 6.07. The highest BCUT2D eigenvalue weighted by atomic mass is 16.5. The smallest absolute Gasteiger partial charge is 0.224 e. The number of carbonyl (C=O) groups excluding carboxylic acids is 1. The molecule has 22 heavy (non-hydrogen) atoms. The van der Waals surface area contributed by atoms with E-state index in [1.807, 2.05) is 19.1 Å². The number of amides is 1. The van der Waals surface area contributed by atoms with Crippen molar-refractivity contribution < 1.29 is 9.53 Å². The Kier molecular flexibility index (Phi) is 6.72. The van der Waals surface area contributed by atoms with Gasteiger partial charge in [-0.05, 0) is 63.9 Å². The van der Waals surface area contributed by atoms with Gasteiger partial charge in [0.2, 0.25) is 5.91 Å². The minimum atomic E-state index is 0.171. The number of benzene rings is 1. The summed E-state index contributed by atoms with van der Waals surface area (Å²) in [6.45, 7) is 5.45. The molecule has 2 rings (SSSR count). The molecule has 0 aromatic heterocycles. The van der Waals surface area contributed by atoms with Crippen molar-refractivity contribution in [1.82, 2.24) is 10.2 Å². The lowest BCUT2D eigenvalue weighted by Crippen LogP contribution is -2.41. The van der Waals surface area contributed by atoms with Crippen molar-refractivity contribution in [3.05, 3.63) is 29.8 Å². The standard InChI is InChI=1S/C18H28N2O2/c1-3-22-17-10-8-15(9-11-17)6-4-12-19-18(21)16-7-5-13-20(2)14-16/h8-11,16H,3-7,12-14H2,1-2H3,(H,19,21)/t16-/m1/s1. The van der Waals surface area contributed by atoms with Crippen LogP contribution in [0.5, 0.6) is 5.75 Å². The first-order valence-electron chi connectivity index (χ1n) is 8.37. The molecule has 122 valence electrons. The van der Waals surface area contributed by atoms with E-state index in [2.05, 4.69) is 29.4 Å². The number of nitrogens with one attached hydrogen (secondary N) is 1. The quantitative estimate of drug-likeness (QED) is 0.787. The molecule has 4 nitrogen and oxygen atoms in total. The zero-order valence-electron chi connectivity index (χ0n) is 13.8. The Morgan fingerprint density at radius 2 is 2.14 bits per heavy atom. The fourth-order valence-electron chi connectivity index (χ4n) is 2.95. The van der Waals surface area contributed by atoms with E-state index < -0.39 is 0 Å². The molecule has 1 atom stereocenters. The second-order valence-electron chi connectivity index (χ2n) is 6.07. The molecule has 1 aromatic rings. The van der Waals surface area contributed by atoms with E-state index in [1.54, 1.807) is 0 Å². The summed E-state index contributed by atoms with van der Waals surface area (Å²) >= 11 is 0. The molecule has 4 heteroatoms. The summed E-state index contributed by atoms with van der Waals surface area (Å²) in [5.41, 5.74) is 1.29. The van der Waals surface area contributed by atoms with Crippen LogP contribution in [0.2, 0.25) is 0 Å². The number of likely N-dealkylation sites (tertiary alicyclic amines) is 1. The average Bonchev–Trinajstić information content (AvgIpc) is 2.53. The molecule has 0 saturated carbocycles. The molecule has 0 bridgehead atoms. The van der Waals surface area contributed by atoms with E-state index in [4.69, 9.17) is 4.74 Å². The summed E-state index contributed by atoms with van der Waals surface area (Å²) < 4.78 is 5.43. The number of nitrogens with zero attached hydrogens (tertiary/aromatic N) is 1. The van der Waals surface area contributed by atoms with Crippen LogP contribution in [0.1, 0.15) is 31.7 Å². The minimum absolute atomic E-state index is 0.171. The summed E-state index contributed by atoms with van der Waals surface area (Å²) in [6, 6.07) is 8.22. The van der Waals surface area contributed by atoms with Gasteiger partial charge in [0.15, 0.2) is 0 Å². The fraction of sp³-hybridized carbons (Fsp3) is 0.611. The molecule has 1 amide bonds. The topological polar surface area (TPSA) is 41.6 Å². The predicted octanol–water partition coefficient (Wildman–Crippen LogP) is 2.48. The largest absolute Gasteiger partial charge is 0.494 e. The third-order valence-corrected chi connectivity index (χ3v) is 4.17. The molecule has 1 aliphatic rings. The fourth-order valence-corrected chi connectivity index (χ4v) is 2.95. The Hall–Kier alpha value is -1.55. The molecule has 1 heterocycles. The third kappa shape index (κ3) is 5.34. The van der Waals surface area contributed by atoms with Crippen molar-refractivity contribution in [2.75, 3.05) is 33.3 Å². The maximum Gasteiger partial charge on any atom is 0.224 e. The van der Waals surface area contributed by atoms with Crippen LogP contribution in [0.3, 0.4) is 0 Å². The number of carbonyl (C=O) groups is 1. The van der Waals surface area contributed by atoms with Crippen LogP contribution in [0.4, 0.5) is 0 Å². The molecule has 1 aromatic carbocycles. The van der Waals surface area contributed by atoms with Crippen LogP contribution in [-0.4, -0.2) is 44.1 Å². The average molecular weight is 304 g/mol. The highest BCUT2D eigenvalue weighted by Gasteiger charge is 2.23. The zero-order chi connectivity index (χ0) is 15.8. The number of ether oxygens (including phenoxy) is 1. The van der Waals surface area contributed by atoms with Crippen molar-refractivity contribution in [2.45, 2.75) is 32.6 Å². The minimum Gasteiger partial charge on any atom is -0.494 e. The molecule has 1 N–H and O–H groups in total. The summed E-state index contributed by atoms with van der Waals surface area (Å²) in [4.78, 5) is 14.4. The van der Waals surface area contributed by atoms with Crippen molar-refractivity contribution in [3.63, 3.8) is 0 Å². The molecule has 1 saturated heterocycles. The maximum atomic E-state index is 12.1. The van der Waals surface area contributed by atoms with Crippen molar-refractivity contribution in [3.8, 4) is 5.75 Å². The van der Waals surface area contributed by atoms with Gasteiger partial charge in [0.25, 0.3) is 0 Å². The molecule has 1 aliphatic heterocycles. The maximum absolute atomic E-state index is 12.1. The SMILES string of the molecule is CCOc1ccc(CCCNC(=O)[C@@H]2CCCN(C)C2)cc1. The number of piperidine rings is 1. The molecule has 1 fully saturated rings. The first-order valence-corrected chi connectivity index (χ1v) is 8.37. The highest BCUT2D eigenvalue weighted by molar-refractivity contribution is 5.78. The van der Waals surface area contributed by atoms with Gasteiger partial charge < -0.3 is 15.0 Å². The van der Waals surface area contributed by atoms with E-state index in [1.165, 1.54) is 5.56 Å². The normalized spacial score (nSPS) is 18.9. The lowest BCUT2D eigenvalue weighted by Gasteiger charge is -2.28. The van der Waals surface area contributed by atoms with Gasteiger partial charge in [0.05, 0.1) is 12.5 Å². The molecule has 0 spiro atoms. The molecular formula is C18H28N2O2. The van der Waals surface area contributed by atoms with Gasteiger partial charge in [-0.1, -0.05) is 12.1 Å². The van der Waals surface area contributed by atoms with E-state index in [-0.39, 0.29) is 11.8 Å². The Bertz CT molecular complexity index is 459. The van der Waals surface area contributed by atoms with Gasteiger partial charge in [-0.15, -0.1) is 0 Å². The van der Waals surface area contributed by atoms with Crippen LogP contribution >= 0.6 is 0 Å². The Morgan fingerprint density at radius 3 is 2.82 bits per heavy atom. The molecule has 0 unspecified atom stereocenters. The first-order chi connectivity index (χ1) is 10.7. The second kappa shape index (κ2) is 8.79. The number of aryl methyl sites for hydroxylation is 1. The number of hydrogen-bond donors (Lipinski definition) is 1. The molecular weight excluding hydrogens is 276 g/mol. The highest BCUT2D eigenvalue weighted by Crippen LogP contribution is 2.15. The molecule has 0 radical (unpaired) electrons. The van der Waals surface area contributed by atoms with Crippen LogP contribution in [-0.2, 0) is 11.2 Å². The Morgan fingerprint density at radius 1 is 1.36 bits per heavy atom. The zero-order valence-corrected chi connectivity index (χ0v) is 13.8. The van der Waals surface area contributed by atoms with Crippen molar-refractivity contribution in [1.29, 1.82) is 0 Å². The van der Waals surface area contributed by atoms with E-state index in [9.17, 15) is 4.79 Å². The van der Waals surface area contributed by atoms with Crippen molar-refractivity contribution >= 4 is 5.91 Å². The van der Waals surface area contributed by atoms with Crippen LogP contribution < -0.4 is 10.1 Å². The predicted molar refractivity (Wildman–Crippen MR) is 89.2 cm³/mol. The third-order valence-electron chi connectivity index (χ3n) is 4.17. The first kappa shape index (κ1) is 16.8. The Balaban J connectivity index is 1.65. The monoisotopic (exact) mass is 304 g/mol. The van der Waals surface area contributed by atoms with E-state index >= 15 is 0 Å². The summed E-state index contributed by atoms with van der Waals surface area (Å²) in [5.74, 6) is 1.31. The van der Waals surface area contributed by atoms with Crippen LogP contribution in [0.25, 0.3) is 0 Å². The van der Waals surface area contributed by atoms with Gasteiger partial charge in [0, 0.05) is 13.1 Å². The van der Waals surface area contributed by atoms with Crippen molar-refractivity contribution in [2.24, 2.45) is 5.92 Å². The molecule has 0 aliphatic carbocycles. The van der Waals surface area contributed by atoms with Crippen LogP contribution in [0.15, 0.2) is 24.3 Å². The summed E-state index contributed by atoms with van der Waals surface area (Å²) in [7, 11) is 2.09. The number of rotatable bonds is 7. The lowest BCUT2D eigenvalue weighted by molar-refractivity contribution is -0.126. The van der Waals surface area contributed by atoms with E-state index in [0.717, 1.165) is 51.1 Å². The lowest BCUT2D eigenvalue weighted by atomic mass is 9.97. The Labute approximate surface area is 133 Å². The number of hydrogen-bond acceptors (Lipinski definition) is 3. The summed E-state index contributed by atoms with van der Waals surface area (Å²) in [6.07, 6.45) is 4.11. The van der Waals surface area contributed by atoms with E-state index in [0.29, 0.717) is 6.61 Å².